The lowest BCUT2D eigenvalue weighted by Crippen LogP contribution is -2.44. The highest BCUT2D eigenvalue weighted by Gasteiger charge is 2.51. The zero-order chi connectivity index (χ0) is 20.6. The van der Waals surface area contributed by atoms with E-state index >= 15 is 0 Å². The van der Waals surface area contributed by atoms with E-state index < -0.39 is 11.0 Å². The molecule has 1 unspecified atom stereocenters. The van der Waals surface area contributed by atoms with E-state index in [1.165, 1.54) is 6.07 Å². The fourth-order valence-electron chi connectivity index (χ4n) is 4.85. The van der Waals surface area contributed by atoms with Gasteiger partial charge in [-0.25, -0.2) is 4.79 Å². The SMILES string of the molecule is Cc1cc(=O)oc(C)c1C(=O)N1CCC2(CCN(CCN3CCOCC3)C2=O)C1. The maximum atomic E-state index is 13.2. The average molecular weight is 403 g/mol. The molecule has 158 valence electrons. The summed E-state index contributed by atoms with van der Waals surface area (Å²) >= 11 is 0. The van der Waals surface area contributed by atoms with Gasteiger partial charge in [-0.15, -0.1) is 0 Å². The van der Waals surface area contributed by atoms with Crippen molar-refractivity contribution in [2.75, 3.05) is 59.0 Å². The number of carbonyl (C=O) groups is 2. The van der Waals surface area contributed by atoms with Crippen LogP contribution in [0.3, 0.4) is 0 Å². The molecule has 4 rings (SSSR count). The number of hydrogen-bond donors (Lipinski definition) is 0. The van der Waals surface area contributed by atoms with E-state index in [-0.39, 0.29) is 11.8 Å². The van der Waals surface area contributed by atoms with E-state index in [1.54, 1.807) is 18.7 Å². The lowest BCUT2D eigenvalue weighted by Gasteiger charge is -2.29. The van der Waals surface area contributed by atoms with E-state index in [9.17, 15) is 14.4 Å². The van der Waals surface area contributed by atoms with Crippen LogP contribution in [0.2, 0.25) is 0 Å². The first-order valence-corrected chi connectivity index (χ1v) is 10.4. The summed E-state index contributed by atoms with van der Waals surface area (Å²) in [5, 5.41) is 0. The number of likely N-dealkylation sites (tertiary alicyclic amines) is 2. The zero-order valence-corrected chi connectivity index (χ0v) is 17.2. The standard InChI is InChI=1S/C21H29N3O5/c1-15-13-17(25)29-16(2)18(15)19(26)24-6-4-21(14-24)3-5-23(20(21)27)8-7-22-9-11-28-12-10-22/h13H,3-12,14H2,1-2H3. The van der Waals surface area contributed by atoms with E-state index in [1.807, 2.05) is 4.90 Å². The van der Waals surface area contributed by atoms with E-state index in [2.05, 4.69) is 4.90 Å². The molecule has 0 aromatic carbocycles. The third kappa shape index (κ3) is 3.83. The van der Waals surface area contributed by atoms with Crippen LogP contribution in [-0.2, 0) is 9.53 Å². The van der Waals surface area contributed by atoms with Gasteiger partial charge < -0.3 is 19.0 Å². The highest BCUT2D eigenvalue weighted by atomic mass is 16.5. The minimum Gasteiger partial charge on any atom is -0.427 e. The number of morpholine rings is 1. The third-order valence-electron chi connectivity index (χ3n) is 6.58. The van der Waals surface area contributed by atoms with Gasteiger partial charge in [-0.3, -0.25) is 14.5 Å². The second kappa shape index (κ2) is 7.91. The molecule has 2 amide bonds. The van der Waals surface area contributed by atoms with Gasteiger partial charge in [0.05, 0.1) is 24.2 Å². The molecule has 0 aliphatic carbocycles. The van der Waals surface area contributed by atoms with Crippen molar-refractivity contribution < 1.29 is 18.7 Å². The number of carbonyl (C=O) groups excluding carboxylic acids is 2. The summed E-state index contributed by atoms with van der Waals surface area (Å²) in [6.07, 6.45) is 1.49. The Morgan fingerprint density at radius 1 is 1.07 bits per heavy atom. The van der Waals surface area contributed by atoms with Gasteiger partial charge in [0, 0.05) is 51.9 Å². The second-order valence-corrected chi connectivity index (χ2v) is 8.43. The van der Waals surface area contributed by atoms with Gasteiger partial charge in [0.25, 0.3) is 5.91 Å². The Kier molecular flexibility index (Phi) is 5.48. The second-order valence-electron chi connectivity index (χ2n) is 8.43. The van der Waals surface area contributed by atoms with Crippen molar-refractivity contribution in [1.82, 2.24) is 14.7 Å². The molecular formula is C21H29N3O5. The summed E-state index contributed by atoms with van der Waals surface area (Å²) in [6.45, 7) is 10.1. The number of nitrogens with zero attached hydrogens (tertiary/aromatic N) is 3. The van der Waals surface area contributed by atoms with Gasteiger partial charge in [-0.2, -0.15) is 0 Å². The van der Waals surface area contributed by atoms with Crippen LogP contribution in [-0.4, -0.2) is 85.5 Å². The van der Waals surface area contributed by atoms with Gasteiger partial charge in [0.15, 0.2) is 0 Å². The first-order chi connectivity index (χ1) is 13.9. The van der Waals surface area contributed by atoms with Gasteiger partial charge in [0.1, 0.15) is 5.76 Å². The van der Waals surface area contributed by atoms with Crippen molar-refractivity contribution in [2.45, 2.75) is 26.7 Å². The highest BCUT2D eigenvalue weighted by molar-refractivity contribution is 5.97. The molecule has 3 aliphatic rings. The largest absolute Gasteiger partial charge is 0.427 e. The van der Waals surface area contributed by atoms with Crippen LogP contribution in [0.5, 0.6) is 0 Å². The fourth-order valence-corrected chi connectivity index (χ4v) is 4.85. The molecule has 3 fully saturated rings. The van der Waals surface area contributed by atoms with Crippen molar-refractivity contribution in [1.29, 1.82) is 0 Å². The van der Waals surface area contributed by atoms with Gasteiger partial charge in [0.2, 0.25) is 5.91 Å². The smallest absolute Gasteiger partial charge is 0.336 e. The van der Waals surface area contributed by atoms with Crippen molar-refractivity contribution in [3.8, 4) is 0 Å². The summed E-state index contributed by atoms with van der Waals surface area (Å²) in [7, 11) is 0. The van der Waals surface area contributed by atoms with Crippen LogP contribution in [0.1, 0.15) is 34.5 Å². The number of rotatable bonds is 4. The lowest BCUT2D eigenvalue weighted by molar-refractivity contribution is -0.135. The molecule has 0 radical (unpaired) electrons. The Labute approximate surface area is 170 Å². The molecule has 3 aliphatic heterocycles. The molecule has 1 aromatic heterocycles. The minimum absolute atomic E-state index is 0.153. The lowest BCUT2D eigenvalue weighted by atomic mass is 9.85. The van der Waals surface area contributed by atoms with Crippen LogP contribution < -0.4 is 5.63 Å². The van der Waals surface area contributed by atoms with E-state index in [4.69, 9.17) is 9.15 Å². The highest BCUT2D eigenvalue weighted by Crippen LogP contribution is 2.41. The van der Waals surface area contributed by atoms with Crippen molar-refractivity contribution in [3.05, 3.63) is 33.4 Å². The maximum absolute atomic E-state index is 13.2. The Morgan fingerprint density at radius 2 is 1.79 bits per heavy atom. The Morgan fingerprint density at radius 3 is 2.52 bits per heavy atom. The summed E-state index contributed by atoms with van der Waals surface area (Å²) in [4.78, 5) is 43.8. The molecule has 4 heterocycles. The van der Waals surface area contributed by atoms with Crippen LogP contribution in [0, 0.1) is 19.3 Å². The molecular weight excluding hydrogens is 374 g/mol. The first kappa shape index (κ1) is 20.1. The van der Waals surface area contributed by atoms with Crippen molar-refractivity contribution >= 4 is 11.8 Å². The molecule has 1 atom stereocenters. The van der Waals surface area contributed by atoms with Crippen molar-refractivity contribution in [2.24, 2.45) is 5.41 Å². The predicted molar refractivity (Wildman–Crippen MR) is 106 cm³/mol. The number of ether oxygens (including phenoxy) is 1. The summed E-state index contributed by atoms with van der Waals surface area (Å²) < 4.78 is 10.5. The Bertz CT molecular complexity index is 834. The summed E-state index contributed by atoms with van der Waals surface area (Å²) in [6, 6.07) is 1.35. The molecule has 0 saturated carbocycles. The zero-order valence-electron chi connectivity index (χ0n) is 17.2. The van der Waals surface area contributed by atoms with Gasteiger partial charge in [-0.05, 0) is 32.3 Å². The van der Waals surface area contributed by atoms with E-state index in [0.717, 1.165) is 52.4 Å². The quantitative estimate of drug-likeness (QED) is 0.734. The normalized spacial score (nSPS) is 25.4. The third-order valence-corrected chi connectivity index (χ3v) is 6.58. The minimum atomic E-state index is -0.460. The Balaban J connectivity index is 1.40. The molecule has 1 aromatic rings. The van der Waals surface area contributed by atoms with E-state index in [0.29, 0.717) is 36.4 Å². The first-order valence-electron chi connectivity index (χ1n) is 10.4. The molecule has 1 spiro atoms. The van der Waals surface area contributed by atoms with Crippen LogP contribution in [0.15, 0.2) is 15.3 Å². The van der Waals surface area contributed by atoms with Crippen LogP contribution >= 0.6 is 0 Å². The van der Waals surface area contributed by atoms with Crippen LogP contribution in [0.25, 0.3) is 0 Å². The summed E-state index contributed by atoms with van der Waals surface area (Å²) in [5.74, 6) is 0.361. The van der Waals surface area contributed by atoms with Crippen molar-refractivity contribution in [3.63, 3.8) is 0 Å². The predicted octanol–water partition coefficient (Wildman–Crippen LogP) is 0.653. The number of amides is 2. The molecule has 29 heavy (non-hydrogen) atoms. The number of aryl methyl sites for hydroxylation is 2. The van der Waals surface area contributed by atoms with Crippen LogP contribution in [0.4, 0.5) is 0 Å². The molecule has 8 nitrogen and oxygen atoms in total. The molecule has 0 N–H and O–H groups in total. The molecule has 3 saturated heterocycles. The fraction of sp³-hybridized carbons (Fsp3) is 0.667. The molecule has 0 bridgehead atoms. The maximum Gasteiger partial charge on any atom is 0.336 e. The average Bonchev–Trinajstić information content (AvgIpc) is 3.25. The molecule has 8 heteroatoms. The van der Waals surface area contributed by atoms with Gasteiger partial charge in [-0.1, -0.05) is 0 Å². The monoisotopic (exact) mass is 403 g/mol. The van der Waals surface area contributed by atoms with Gasteiger partial charge >= 0.3 is 5.63 Å². The Hall–Kier alpha value is -2.19. The topological polar surface area (TPSA) is 83.3 Å². The number of hydrogen-bond acceptors (Lipinski definition) is 6. The summed E-state index contributed by atoms with van der Waals surface area (Å²) in [5.41, 5.74) is 0.153.